The van der Waals surface area contributed by atoms with E-state index in [0.29, 0.717) is 22.8 Å². The van der Waals surface area contributed by atoms with Gasteiger partial charge in [0, 0.05) is 5.69 Å². The summed E-state index contributed by atoms with van der Waals surface area (Å²) in [6.07, 6.45) is 1.51. The molecule has 0 radical (unpaired) electrons. The summed E-state index contributed by atoms with van der Waals surface area (Å²) in [7, 11) is 0. The minimum Gasteiger partial charge on any atom is -0.384 e. The van der Waals surface area contributed by atoms with E-state index in [1.807, 2.05) is 0 Å². The van der Waals surface area contributed by atoms with Gasteiger partial charge < -0.3 is 11.1 Å². The van der Waals surface area contributed by atoms with Crippen molar-refractivity contribution in [3.05, 3.63) is 35.3 Å². The predicted octanol–water partition coefficient (Wildman–Crippen LogP) is 1.26. The first-order chi connectivity index (χ1) is 8.08. The molecule has 4 N–H and O–H groups in total. The molecule has 0 saturated heterocycles. The normalized spacial score (nSPS) is 10.2. The number of carbonyl (C=O) groups is 1. The summed E-state index contributed by atoms with van der Waals surface area (Å²) in [5.41, 5.74) is 8.03. The van der Waals surface area contributed by atoms with Gasteiger partial charge in [0.25, 0.3) is 5.91 Å². The fraction of sp³-hybridized carbons (Fsp3) is 0.182. The summed E-state index contributed by atoms with van der Waals surface area (Å²) < 4.78 is 0. The van der Waals surface area contributed by atoms with Crippen LogP contribution in [0.25, 0.3) is 0 Å². The number of hydrogen-bond donors (Lipinski definition) is 3. The molecule has 0 aromatic carbocycles. The monoisotopic (exact) mass is 231 g/mol. The second-order valence-electron chi connectivity index (χ2n) is 3.73. The average Bonchev–Trinajstić information content (AvgIpc) is 2.62. The van der Waals surface area contributed by atoms with Gasteiger partial charge in [0.1, 0.15) is 5.82 Å². The lowest BCUT2D eigenvalue weighted by molar-refractivity contribution is 0.102. The van der Waals surface area contributed by atoms with E-state index in [4.69, 9.17) is 5.73 Å². The van der Waals surface area contributed by atoms with E-state index < -0.39 is 0 Å². The second kappa shape index (κ2) is 4.25. The molecule has 0 bridgehead atoms. The van der Waals surface area contributed by atoms with Crippen molar-refractivity contribution in [2.45, 2.75) is 13.8 Å². The quantitative estimate of drug-likeness (QED) is 0.724. The third-order valence-electron chi connectivity index (χ3n) is 2.40. The molecule has 88 valence electrons. The van der Waals surface area contributed by atoms with Crippen molar-refractivity contribution in [1.82, 2.24) is 15.2 Å². The predicted molar refractivity (Wildman–Crippen MR) is 64.7 cm³/mol. The van der Waals surface area contributed by atoms with Gasteiger partial charge in [0.05, 0.1) is 23.1 Å². The van der Waals surface area contributed by atoms with Gasteiger partial charge in [0.2, 0.25) is 0 Å². The molecule has 0 saturated carbocycles. The van der Waals surface area contributed by atoms with Crippen LogP contribution in [0.5, 0.6) is 0 Å². The summed E-state index contributed by atoms with van der Waals surface area (Å²) in [6.45, 7) is 3.58. The van der Waals surface area contributed by atoms with E-state index in [1.54, 1.807) is 26.0 Å². The minimum absolute atomic E-state index is 0.208. The SMILES string of the molecule is Cc1n[nH]c(C)c1C(=O)Nc1ccc(N)nc1. The van der Waals surface area contributed by atoms with E-state index in [1.165, 1.54) is 6.20 Å². The Balaban J connectivity index is 2.20. The number of nitrogens with zero attached hydrogens (tertiary/aromatic N) is 2. The maximum Gasteiger partial charge on any atom is 0.259 e. The Kier molecular flexibility index (Phi) is 2.78. The van der Waals surface area contributed by atoms with Gasteiger partial charge >= 0.3 is 0 Å². The Morgan fingerprint density at radius 3 is 2.71 bits per heavy atom. The first-order valence-electron chi connectivity index (χ1n) is 5.12. The van der Waals surface area contributed by atoms with Crippen LogP contribution in [0.4, 0.5) is 11.5 Å². The molecule has 2 aromatic heterocycles. The highest BCUT2D eigenvalue weighted by molar-refractivity contribution is 6.05. The Morgan fingerprint density at radius 2 is 2.18 bits per heavy atom. The van der Waals surface area contributed by atoms with E-state index in [-0.39, 0.29) is 5.91 Å². The zero-order valence-electron chi connectivity index (χ0n) is 9.61. The molecule has 2 heterocycles. The fourth-order valence-electron chi connectivity index (χ4n) is 1.56. The van der Waals surface area contributed by atoms with Crippen LogP contribution < -0.4 is 11.1 Å². The van der Waals surface area contributed by atoms with Crippen molar-refractivity contribution < 1.29 is 4.79 Å². The number of nitrogen functional groups attached to an aromatic ring is 1. The largest absolute Gasteiger partial charge is 0.384 e. The molecule has 2 rings (SSSR count). The van der Waals surface area contributed by atoms with Crippen LogP contribution in [-0.4, -0.2) is 21.1 Å². The van der Waals surface area contributed by atoms with Crippen molar-refractivity contribution >= 4 is 17.4 Å². The van der Waals surface area contributed by atoms with Crippen LogP contribution in [0.2, 0.25) is 0 Å². The fourth-order valence-corrected chi connectivity index (χ4v) is 1.56. The molecule has 0 unspecified atom stereocenters. The number of nitrogens with one attached hydrogen (secondary N) is 2. The Hall–Kier alpha value is -2.37. The Morgan fingerprint density at radius 1 is 1.41 bits per heavy atom. The van der Waals surface area contributed by atoms with E-state index in [9.17, 15) is 4.79 Å². The number of rotatable bonds is 2. The standard InChI is InChI=1S/C11H13N5O/c1-6-10(7(2)16-15-6)11(17)14-8-3-4-9(12)13-5-8/h3-5H,1-2H3,(H2,12,13)(H,14,17)(H,15,16). The number of pyridine rings is 1. The van der Waals surface area contributed by atoms with Crippen molar-refractivity contribution in [2.24, 2.45) is 0 Å². The lowest BCUT2D eigenvalue weighted by atomic mass is 10.2. The summed E-state index contributed by atoms with van der Waals surface area (Å²) in [5, 5.41) is 9.47. The minimum atomic E-state index is -0.208. The third kappa shape index (κ3) is 2.25. The van der Waals surface area contributed by atoms with Gasteiger partial charge in [-0.1, -0.05) is 0 Å². The number of nitrogens with two attached hydrogens (primary N) is 1. The van der Waals surface area contributed by atoms with Crippen LogP contribution in [0.3, 0.4) is 0 Å². The molecule has 6 heteroatoms. The Labute approximate surface area is 98.3 Å². The van der Waals surface area contributed by atoms with Crippen molar-refractivity contribution in [1.29, 1.82) is 0 Å². The second-order valence-corrected chi connectivity index (χ2v) is 3.73. The number of aromatic amines is 1. The molecule has 17 heavy (non-hydrogen) atoms. The highest BCUT2D eigenvalue weighted by atomic mass is 16.1. The van der Waals surface area contributed by atoms with Crippen molar-refractivity contribution in [3.63, 3.8) is 0 Å². The highest BCUT2D eigenvalue weighted by Gasteiger charge is 2.15. The first-order valence-corrected chi connectivity index (χ1v) is 5.12. The van der Waals surface area contributed by atoms with Gasteiger partial charge in [0.15, 0.2) is 0 Å². The third-order valence-corrected chi connectivity index (χ3v) is 2.40. The van der Waals surface area contributed by atoms with Crippen LogP contribution in [0.15, 0.2) is 18.3 Å². The summed E-state index contributed by atoms with van der Waals surface area (Å²) in [4.78, 5) is 15.9. The van der Waals surface area contributed by atoms with Crippen LogP contribution in [0, 0.1) is 13.8 Å². The van der Waals surface area contributed by atoms with Crippen LogP contribution in [0.1, 0.15) is 21.7 Å². The molecule has 0 fully saturated rings. The van der Waals surface area contributed by atoms with Gasteiger partial charge in [-0.05, 0) is 26.0 Å². The maximum atomic E-state index is 12.0. The molecule has 0 spiro atoms. The molecule has 2 aromatic rings. The topological polar surface area (TPSA) is 96.7 Å². The number of H-pyrrole nitrogens is 1. The number of aryl methyl sites for hydroxylation is 2. The smallest absolute Gasteiger partial charge is 0.259 e. The maximum absolute atomic E-state index is 12.0. The van der Waals surface area contributed by atoms with Gasteiger partial charge in [-0.2, -0.15) is 5.10 Å². The number of carbonyl (C=O) groups excluding carboxylic acids is 1. The van der Waals surface area contributed by atoms with Gasteiger partial charge in [-0.25, -0.2) is 4.98 Å². The first kappa shape index (κ1) is 11.1. The van der Waals surface area contributed by atoms with E-state index >= 15 is 0 Å². The van der Waals surface area contributed by atoms with E-state index in [0.717, 1.165) is 5.69 Å². The molecule has 0 aliphatic rings. The lowest BCUT2D eigenvalue weighted by Gasteiger charge is -2.04. The van der Waals surface area contributed by atoms with Crippen LogP contribution >= 0.6 is 0 Å². The average molecular weight is 231 g/mol. The van der Waals surface area contributed by atoms with Crippen molar-refractivity contribution in [2.75, 3.05) is 11.1 Å². The zero-order valence-corrected chi connectivity index (χ0v) is 9.61. The number of anilines is 2. The highest BCUT2D eigenvalue weighted by Crippen LogP contribution is 2.13. The van der Waals surface area contributed by atoms with Gasteiger partial charge in [-0.15, -0.1) is 0 Å². The summed E-state index contributed by atoms with van der Waals surface area (Å²) in [5.74, 6) is 0.207. The molecule has 1 amide bonds. The zero-order chi connectivity index (χ0) is 12.4. The Bertz CT molecular complexity index is 524. The van der Waals surface area contributed by atoms with Crippen molar-refractivity contribution in [3.8, 4) is 0 Å². The van der Waals surface area contributed by atoms with E-state index in [2.05, 4.69) is 20.5 Å². The molecule has 0 aliphatic carbocycles. The summed E-state index contributed by atoms with van der Waals surface area (Å²) >= 11 is 0. The molecule has 0 aliphatic heterocycles. The van der Waals surface area contributed by atoms with Gasteiger partial charge in [-0.3, -0.25) is 9.89 Å². The number of hydrogen-bond acceptors (Lipinski definition) is 4. The molecular weight excluding hydrogens is 218 g/mol. The molecule has 0 atom stereocenters. The summed E-state index contributed by atoms with van der Waals surface area (Å²) in [6, 6.07) is 3.33. The number of amides is 1. The lowest BCUT2D eigenvalue weighted by Crippen LogP contribution is -2.13. The van der Waals surface area contributed by atoms with Crippen LogP contribution in [-0.2, 0) is 0 Å². The number of aromatic nitrogens is 3. The molecular formula is C11H13N5O. The molecule has 6 nitrogen and oxygen atoms in total.